The number of unbranched alkanes of at least 4 members (excludes halogenated alkanes) is 11. The van der Waals surface area contributed by atoms with Crippen molar-refractivity contribution in [3.05, 3.63) is 114 Å². The molecule has 2 N–H and O–H groups in total. The van der Waals surface area contributed by atoms with E-state index in [4.69, 9.17) is 28.9 Å². The second-order valence-corrected chi connectivity index (χ2v) is 19.1. The van der Waals surface area contributed by atoms with Crippen LogP contribution in [0.5, 0.6) is 11.5 Å². The van der Waals surface area contributed by atoms with Crippen LogP contribution >= 0.6 is 0 Å². The monoisotopic (exact) mass is 936 g/mol. The second-order valence-electron chi connectivity index (χ2n) is 19.1. The van der Waals surface area contributed by atoms with Gasteiger partial charge in [-0.2, -0.15) is 0 Å². The van der Waals surface area contributed by atoms with E-state index in [9.17, 15) is 15.0 Å². The van der Waals surface area contributed by atoms with Crippen molar-refractivity contribution in [3.8, 4) is 11.5 Å². The van der Waals surface area contributed by atoms with Crippen LogP contribution in [0.25, 0.3) is 0 Å². The Morgan fingerprint density at radius 1 is 0.868 bits per heavy atom. The maximum absolute atomic E-state index is 14.7. The molecule has 3 aliphatic rings. The standard InChI is InChI=1S/C57H81N3O8/c1-5-8-9-10-11-12-13-14-15-23-37-64-56(63)60(33-6-2)53-40-51(59-67-41-44-26-17-16-18-27-44)49-38-45(28-19-21-34-61)48(30-20-22-35-62)54-50-39-47(65-42-46-29-24-25-43(4)58-46)31-32-52(50)68-57(53,55(49)54)66-36-7-3/h7,16-18,24-27,29,31-32,38-39,45,48,53-55,61-62H,3,5-6,8-15,19-23,28,30,33-37,40-42H2,1-2,4H3/t45-,48+,53-,54+,55+,57+/m0/s1. The Kier molecular flexibility index (Phi) is 21.7. The number of hydrogen-bond donors (Lipinski definition) is 2. The molecule has 1 aromatic heterocycles. The van der Waals surface area contributed by atoms with Gasteiger partial charge in [0.05, 0.1) is 30.5 Å². The van der Waals surface area contributed by atoms with Crippen LogP contribution in [0.1, 0.15) is 158 Å². The second kappa shape index (κ2) is 28.1. The molecule has 1 aliphatic heterocycles. The van der Waals surface area contributed by atoms with Gasteiger partial charge < -0.3 is 34.0 Å². The number of fused-ring (bicyclic) bond motifs is 2. The van der Waals surface area contributed by atoms with Crippen molar-refractivity contribution in [2.24, 2.45) is 22.9 Å². The van der Waals surface area contributed by atoms with Crippen molar-refractivity contribution >= 4 is 11.8 Å². The Labute approximate surface area is 407 Å². The van der Waals surface area contributed by atoms with Gasteiger partial charge in [0.15, 0.2) is 0 Å². The van der Waals surface area contributed by atoms with E-state index < -0.39 is 17.7 Å². The summed E-state index contributed by atoms with van der Waals surface area (Å²) < 4.78 is 27.3. The van der Waals surface area contributed by atoms with Gasteiger partial charge >= 0.3 is 6.09 Å². The summed E-state index contributed by atoms with van der Waals surface area (Å²) in [5, 5.41) is 25.0. The van der Waals surface area contributed by atoms with Gasteiger partial charge in [0.25, 0.3) is 0 Å². The number of ether oxygens (including phenoxy) is 4. The maximum atomic E-state index is 14.7. The molecule has 1 amide bonds. The van der Waals surface area contributed by atoms with Crippen LogP contribution in [0.15, 0.2) is 96.2 Å². The third kappa shape index (κ3) is 14.2. The third-order valence-electron chi connectivity index (χ3n) is 14.0. The Balaban J connectivity index is 1.41. The summed E-state index contributed by atoms with van der Waals surface area (Å²) in [5.41, 5.74) is 5.52. The number of carbonyl (C=O) groups excluding carboxylic acids is 1. The van der Waals surface area contributed by atoms with Crippen molar-refractivity contribution in [2.75, 3.05) is 33.0 Å². The number of hydrogen-bond acceptors (Lipinski definition) is 10. The van der Waals surface area contributed by atoms with E-state index in [0.717, 1.165) is 78.7 Å². The SMILES string of the molecule is C=CCO[C@@]12Oc3ccc(OCc4cccc(C)n4)cc3[C@H]3[C@H](CCCCO)[C@@H](CCCCO)C=C(C(=NOCc4ccccc4)C[C@@H]1N(CCC)C(=O)OCCCCCCCCCCCC)[C@H]32. The molecule has 11 nitrogen and oxygen atoms in total. The van der Waals surface area contributed by atoms with Gasteiger partial charge in [-0.15, -0.1) is 6.58 Å². The number of oxime groups is 1. The third-order valence-corrected chi connectivity index (χ3v) is 14.0. The zero-order chi connectivity index (χ0) is 48.0. The molecule has 6 rings (SSSR count). The number of aryl methyl sites for hydroxylation is 1. The zero-order valence-corrected chi connectivity index (χ0v) is 41.5. The average Bonchev–Trinajstić information content (AvgIpc) is 3.35. The molecule has 2 aromatic carbocycles. The number of aromatic nitrogens is 1. The topological polar surface area (TPSA) is 132 Å². The smallest absolute Gasteiger partial charge is 0.410 e. The molecule has 68 heavy (non-hydrogen) atoms. The lowest BCUT2D eigenvalue weighted by atomic mass is 9.55. The summed E-state index contributed by atoms with van der Waals surface area (Å²) in [4.78, 5) is 27.5. The number of benzene rings is 2. The lowest BCUT2D eigenvalue weighted by Crippen LogP contribution is -2.70. The fraction of sp³-hybridized carbons (Fsp3) is 0.596. The first-order valence-corrected chi connectivity index (χ1v) is 26.1. The number of aliphatic hydroxyl groups is 2. The number of amides is 1. The van der Waals surface area contributed by atoms with E-state index in [-0.39, 0.29) is 50.3 Å². The normalized spacial score (nSPS) is 22.1. The van der Waals surface area contributed by atoms with Crippen LogP contribution in [0.2, 0.25) is 0 Å². The van der Waals surface area contributed by atoms with Gasteiger partial charge in [-0.3, -0.25) is 9.88 Å². The van der Waals surface area contributed by atoms with Crippen molar-refractivity contribution in [1.82, 2.24) is 9.88 Å². The predicted octanol–water partition coefficient (Wildman–Crippen LogP) is 12.6. The summed E-state index contributed by atoms with van der Waals surface area (Å²) >= 11 is 0. The maximum Gasteiger partial charge on any atom is 0.410 e. The Morgan fingerprint density at radius 3 is 2.31 bits per heavy atom. The van der Waals surface area contributed by atoms with E-state index in [2.05, 4.69) is 37.6 Å². The Bertz CT molecular complexity index is 2040. The average molecular weight is 936 g/mol. The molecule has 1 fully saturated rings. The molecular weight excluding hydrogens is 855 g/mol. The molecule has 2 heterocycles. The fourth-order valence-electron chi connectivity index (χ4n) is 10.8. The summed E-state index contributed by atoms with van der Waals surface area (Å²) in [6.07, 6.45) is 21.4. The molecule has 3 aromatic rings. The zero-order valence-electron chi connectivity index (χ0n) is 41.5. The minimum atomic E-state index is -1.36. The highest BCUT2D eigenvalue weighted by Gasteiger charge is 2.65. The van der Waals surface area contributed by atoms with Crippen LogP contribution in [-0.4, -0.2) is 76.7 Å². The highest BCUT2D eigenvalue weighted by Crippen LogP contribution is 2.62. The minimum Gasteiger partial charge on any atom is -0.487 e. The summed E-state index contributed by atoms with van der Waals surface area (Å²) in [5.74, 6) is -0.383. The molecule has 6 atom stereocenters. The van der Waals surface area contributed by atoms with Crippen LogP contribution in [0.4, 0.5) is 4.79 Å². The summed E-state index contributed by atoms with van der Waals surface area (Å²) in [6, 6.07) is 21.4. The van der Waals surface area contributed by atoms with Gasteiger partial charge in [0.1, 0.15) is 30.8 Å². The molecule has 0 unspecified atom stereocenters. The molecule has 0 spiro atoms. The van der Waals surface area contributed by atoms with Gasteiger partial charge in [0, 0.05) is 43.4 Å². The fourth-order valence-corrected chi connectivity index (χ4v) is 10.8. The molecule has 0 radical (unpaired) electrons. The Morgan fingerprint density at radius 2 is 1.60 bits per heavy atom. The molecule has 0 saturated heterocycles. The Hall–Kier alpha value is -4.71. The van der Waals surface area contributed by atoms with Crippen molar-refractivity contribution < 1.29 is 38.8 Å². The van der Waals surface area contributed by atoms with Crippen LogP contribution < -0.4 is 9.47 Å². The van der Waals surface area contributed by atoms with Crippen LogP contribution in [0.3, 0.4) is 0 Å². The van der Waals surface area contributed by atoms with Crippen LogP contribution in [-0.2, 0) is 27.5 Å². The number of allylic oxidation sites excluding steroid dienone is 1. The number of aliphatic hydroxyl groups excluding tert-OH is 2. The number of nitrogens with zero attached hydrogens (tertiary/aromatic N) is 3. The van der Waals surface area contributed by atoms with Crippen molar-refractivity contribution in [3.63, 3.8) is 0 Å². The largest absolute Gasteiger partial charge is 0.487 e. The predicted molar refractivity (Wildman–Crippen MR) is 270 cm³/mol. The summed E-state index contributed by atoms with van der Waals surface area (Å²) in [7, 11) is 0. The lowest BCUT2D eigenvalue weighted by Gasteiger charge is -2.59. The van der Waals surface area contributed by atoms with Crippen LogP contribution in [0, 0.1) is 24.7 Å². The molecular formula is C57H81N3O8. The number of rotatable bonds is 31. The highest BCUT2D eigenvalue weighted by atomic mass is 16.7. The first-order chi connectivity index (χ1) is 33.4. The lowest BCUT2D eigenvalue weighted by molar-refractivity contribution is -0.255. The number of pyridine rings is 1. The highest BCUT2D eigenvalue weighted by molar-refractivity contribution is 6.03. The van der Waals surface area contributed by atoms with Crippen molar-refractivity contribution in [2.45, 2.75) is 167 Å². The van der Waals surface area contributed by atoms with Gasteiger partial charge in [-0.25, -0.2) is 4.79 Å². The summed E-state index contributed by atoms with van der Waals surface area (Å²) in [6.45, 7) is 12.2. The van der Waals surface area contributed by atoms with E-state index in [0.29, 0.717) is 56.9 Å². The van der Waals surface area contributed by atoms with E-state index >= 15 is 0 Å². The van der Waals surface area contributed by atoms with Crippen molar-refractivity contribution in [1.29, 1.82) is 0 Å². The van der Waals surface area contributed by atoms with Gasteiger partial charge in [-0.1, -0.05) is 138 Å². The molecule has 11 heteroatoms. The van der Waals surface area contributed by atoms with E-state index in [1.54, 1.807) is 6.08 Å². The molecule has 1 saturated carbocycles. The minimum absolute atomic E-state index is 0.0881. The molecule has 372 valence electrons. The quantitative estimate of drug-likeness (QED) is 0.0368. The first-order valence-electron chi connectivity index (χ1n) is 26.1. The molecule has 0 bridgehead atoms. The molecule has 2 aliphatic carbocycles. The van der Waals surface area contributed by atoms with E-state index in [1.165, 1.54) is 44.9 Å². The first kappa shape index (κ1) is 52.7. The van der Waals surface area contributed by atoms with Gasteiger partial charge in [0.2, 0.25) is 5.79 Å². The van der Waals surface area contributed by atoms with Gasteiger partial charge in [-0.05, 0) is 98.8 Å². The van der Waals surface area contributed by atoms with E-state index in [1.807, 2.05) is 72.5 Å². The number of carbonyl (C=O) groups is 1.